The number of hydrogen-bond acceptors (Lipinski definition) is 4. The van der Waals surface area contributed by atoms with Crippen LogP contribution in [0.3, 0.4) is 0 Å². The van der Waals surface area contributed by atoms with Gasteiger partial charge >= 0.3 is 0 Å². The number of oxazole rings is 1. The number of para-hydroxylation sites is 1. The third-order valence-corrected chi connectivity index (χ3v) is 1.93. The van der Waals surface area contributed by atoms with E-state index in [0.29, 0.717) is 22.9 Å². The van der Waals surface area contributed by atoms with Crippen molar-refractivity contribution in [1.82, 2.24) is 4.98 Å². The van der Waals surface area contributed by atoms with Crippen molar-refractivity contribution in [3.8, 4) is 0 Å². The number of rotatable bonds is 3. The van der Waals surface area contributed by atoms with Crippen LogP contribution in [-0.2, 0) is 4.79 Å². The molecule has 0 saturated carbocycles. The second-order valence-electron chi connectivity index (χ2n) is 2.80. The molecule has 0 aliphatic rings. The van der Waals surface area contributed by atoms with Crippen molar-refractivity contribution in [3.05, 3.63) is 30.2 Å². The lowest BCUT2D eigenvalue weighted by atomic mass is 10.1. The summed E-state index contributed by atoms with van der Waals surface area (Å²) in [6.45, 7) is 0. The van der Waals surface area contributed by atoms with E-state index in [1.54, 1.807) is 18.2 Å². The maximum absolute atomic E-state index is 11.4. The standard InChI is InChI=1S/C10H7NO3/c12-5-4-9(13)7-2-1-3-8-10(7)14-6-11-8/h1-3,5-6H,4H2. The van der Waals surface area contributed by atoms with E-state index < -0.39 is 0 Å². The Bertz CT molecular complexity index is 487. The summed E-state index contributed by atoms with van der Waals surface area (Å²) in [4.78, 5) is 25.5. The van der Waals surface area contributed by atoms with Crippen LogP contribution in [0.15, 0.2) is 29.0 Å². The summed E-state index contributed by atoms with van der Waals surface area (Å²) in [5.74, 6) is -0.248. The molecule has 1 aromatic carbocycles. The number of benzene rings is 1. The van der Waals surface area contributed by atoms with E-state index in [1.807, 2.05) is 0 Å². The van der Waals surface area contributed by atoms with Gasteiger partial charge in [-0.05, 0) is 12.1 Å². The minimum Gasteiger partial charge on any atom is -0.443 e. The highest BCUT2D eigenvalue weighted by atomic mass is 16.3. The second-order valence-corrected chi connectivity index (χ2v) is 2.80. The molecule has 0 spiro atoms. The van der Waals surface area contributed by atoms with Gasteiger partial charge in [-0.3, -0.25) is 4.79 Å². The molecule has 0 bridgehead atoms. The Labute approximate surface area is 79.5 Å². The SMILES string of the molecule is O=CCC(=O)c1cccc2ncoc12. The Balaban J connectivity index is 2.55. The van der Waals surface area contributed by atoms with E-state index in [0.717, 1.165) is 0 Å². The maximum atomic E-state index is 11.4. The van der Waals surface area contributed by atoms with Gasteiger partial charge in [-0.1, -0.05) is 6.07 Å². The van der Waals surface area contributed by atoms with Crippen LogP contribution in [0.1, 0.15) is 16.8 Å². The zero-order valence-corrected chi connectivity index (χ0v) is 7.27. The summed E-state index contributed by atoms with van der Waals surface area (Å²) >= 11 is 0. The highest BCUT2D eigenvalue weighted by Gasteiger charge is 2.11. The molecule has 14 heavy (non-hydrogen) atoms. The molecule has 1 aromatic heterocycles. The van der Waals surface area contributed by atoms with Crippen molar-refractivity contribution in [2.24, 2.45) is 0 Å². The summed E-state index contributed by atoms with van der Waals surface area (Å²) in [5.41, 5.74) is 1.48. The van der Waals surface area contributed by atoms with E-state index >= 15 is 0 Å². The van der Waals surface area contributed by atoms with Crippen LogP contribution in [0, 0.1) is 0 Å². The minimum absolute atomic E-state index is 0.125. The zero-order chi connectivity index (χ0) is 9.97. The normalized spacial score (nSPS) is 10.3. The number of ketones is 1. The smallest absolute Gasteiger partial charge is 0.182 e. The van der Waals surface area contributed by atoms with E-state index in [4.69, 9.17) is 4.42 Å². The third kappa shape index (κ3) is 1.31. The lowest BCUT2D eigenvalue weighted by Crippen LogP contribution is -1.99. The molecule has 0 aliphatic heterocycles. The Morgan fingerprint density at radius 3 is 3.14 bits per heavy atom. The average Bonchev–Trinajstić information content (AvgIpc) is 2.65. The van der Waals surface area contributed by atoms with Crippen LogP contribution in [0.25, 0.3) is 11.1 Å². The summed E-state index contributed by atoms with van der Waals surface area (Å²) in [7, 11) is 0. The molecule has 1 heterocycles. The largest absolute Gasteiger partial charge is 0.443 e. The van der Waals surface area contributed by atoms with Gasteiger partial charge in [-0.15, -0.1) is 0 Å². The van der Waals surface area contributed by atoms with Gasteiger partial charge < -0.3 is 9.21 Å². The van der Waals surface area contributed by atoms with Crippen LogP contribution < -0.4 is 0 Å². The van der Waals surface area contributed by atoms with Crippen molar-refractivity contribution in [2.45, 2.75) is 6.42 Å². The summed E-state index contributed by atoms with van der Waals surface area (Å²) in [5, 5.41) is 0. The molecule has 0 radical (unpaired) electrons. The van der Waals surface area contributed by atoms with Crippen molar-refractivity contribution >= 4 is 23.2 Å². The number of carbonyl (C=O) groups excluding carboxylic acids is 2. The first-order chi connectivity index (χ1) is 6.83. The molecular formula is C10H7NO3. The molecule has 0 N–H and O–H groups in total. The lowest BCUT2D eigenvalue weighted by molar-refractivity contribution is -0.107. The number of fused-ring (bicyclic) bond motifs is 1. The number of carbonyl (C=O) groups is 2. The molecule has 2 rings (SSSR count). The fourth-order valence-corrected chi connectivity index (χ4v) is 1.29. The Morgan fingerprint density at radius 2 is 2.36 bits per heavy atom. The molecule has 0 atom stereocenters. The highest BCUT2D eigenvalue weighted by Crippen LogP contribution is 2.18. The monoisotopic (exact) mass is 189 g/mol. The first-order valence-corrected chi connectivity index (χ1v) is 4.12. The van der Waals surface area contributed by atoms with E-state index in [1.165, 1.54) is 6.39 Å². The Hall–Kier alpha value is -1.97. The van der Waals surface area contributed by atoms with Crippen molar-refractivity contribution in [1.29, 1.82) is 0 Å². The van der Waals surface area contributed by atoms with Gasteiger partial charge in [0.25, 0.3) is 0 Å². The number of Topliss-reactive ketones (excluding diaryl/α,β-unsaturated/α-hetero) is 1. The highest BCUT2D eigenvalue weighted by molar-refractivity contribution is 6.09. The van der Waals surface area contributed by atoms with Gasteiger partial charge in [0.1, 0.15) is 11.8 Å². The first-order valence-electron chi connectivity index (χ1n) is 4.12. The van der Waals surface area contributed by atoms with E-state index in [2.05, 4.69) is 4.98 Å². The molecule has 2 aromatic rings. The molecule has 0 amide bonds. The topological polar surface area (TPSA) is 60.2 Å². The number of aromatic nitrogens is 1. The second kappa shape index (κ2) is 3.41. The van der Waals surface area contributed by atoms with Gasteiger partial charge in [0.15, 0.2) is 17.8 Å². The average molecular weight is 189 g/mol. The van der Waals surface area contributed by atoms with Gasteiger partial charge in [0.05, 0.1) is 12.0 Å². The molecule has 0 saturated heterocycles. The first kappa shape index (κ1) is 8.62. The van der Waals surface area contributed by atoms with Crippen LogP contribution in [0.5, 0.6) is 0 Å². The van der Waals surface area contributed by atoms with E-state index in [9.17, 15) is 9.59 Å². The molecule has 4 nitrogen and oxygen atoms in total. The van der Waals surface area contributed by atoms with Crippen molar-refractivity contribution < 1.29 is 14.0 Å². The van der Waals surface area contributed by atoms with Gasteiger partial charge in [0, 0.05) is 0 Å². The quantitative estimate of drug-likeness (QED) is 0.418. The van der Waals surface area contributed by atoms with Crippen LogP contribution >= 0.6 is 0 Å². The number of hydrogen-bond donors (Lipinski definition) is 0. The summed E-state index contributed by atoms with van der Waals surface area (Å²) in [6.07, 6.45) is 1.74. The van der Waals surface area contributed by atoms with E-state index in [-0.39, 0.29) is 12.2 Å². The van der Waals surface area contributed by atoms with Gasteiger partial charge in [0.2, 0.25) is 0 Å². The van der Waals surface area contributed by atoms with Crippen molar-refractivity contribution in [3.63, 3.8) is 0 Å². The zero-order valence-electron chi connectivity index (χ0n) is 7.27. The van der Waals surface area contributed by atoms with Crippen LogP contribution in [0.4, 0.5) is 0 Å². The van der Waals surface area contributed by atoms with Crippen LogP contribution in [-0.4, -0.2) is 17.1 Å². The minimum atomic E-state index is -0.248. The molecule has 0 unspecified atom stereocenters. The predicted octanol–water partition coefficient (Wildman–Crippen LogP) is 1.60. The third-order valence-electron chi connectivity index (χ3n) is 1.93. The van der Waals surface area contributed by atoms with Crippen LogP contribution in [0.2, 0.25) is 0 Å². The predicted molar refractivity (Wildman–Crippen MR) is 49.0 cm³/mol. The summed E-state index contributed by atoms with van der Waals surface area (Å²) in [6, 6.07) is 5.08. The maximum Gasteiger partial charge on any atom is 0.182 e. The molecule has 0 fully saturated rings. The Kier molecular flexibility index (Phi) is 2.10. The summed E-state index contributed by atoms with van der Waals surface area (Å²) < 4.78 is 5.07. The van der Waals surface area contributed by atoms with Crippen molar-refractivity contribution in [2.75, 3.05) is 0 Å². The fraction of sp³-hybridized carbons (Fsp3) is 0.100. The number of nitrogens with zero attached hydrogens (tertiary/aromatic N) is 1. The molecule has 0 aliphatic carbocycles. The molecular weight excluding hydrogens is 182 g/mol. The molecule has 4 heteroatoms. The Morgan fingerprint density at radius 1 is 1.50 bits per heavy atom. The fourth-order valence-electron chi connectivity index (χ4n) is 1.29. The van der Waals surface area contributed by atoms with Gasteiger partial charge in [-0.25, -0.2) is 4.98 Å². The van der Waals surface area contributed by atoms with Gasteiger partial charge in [-0.2, -0.15) is 0 Å². The molecule has 70 valence electrons. The number of aldehydes is 1. The lowest BCUT2D eigenvalue weighted by Gasteiger charge is -1.96.